The van der Waals surface area contributed by atoms with Gasteiger partial charge < -0.3 is 0 Å². The maximum Gasteiger partial charge on any atom is 0.268 e. The summed E-state index contributed by atoms with van der Waals surface area (Å²) >= 11 is 1.39. The number of thioether (sulfide) groups is 1. The van der Waals surface area contributed by atoms with Crippen molar-refractivity contribution in [3.05, 3.63) is 60.0 Å². The van der Waals surface area contributed by atoms with Crippen LogP contribution in [0.3, 0.4) is 0 Å². The lowest BCUT2D eigenvalue weighted by Crippen LogP contribution is -2.11. The van der Waals surface area contributed by atoms with Crippen LogP contribution in [0.4, 0.5) is 4.39 Å². The number of fused-ring (bicyclic) bond motifs is 1. The average molecular weight is 335 g/mol. The van der Waals surface area contributed by atoms with Gasteiger partial charge in [0.1, 0.15) is 5.82 Å². The molecule has 3 nitrogen and oxygen atoms in total. The summed E-state index contributed by atoms with van der Waals surface area (Å²) in [5.41, 5.74) is 1.33. The average Bonchev–Trinajstić information content (AvgIpc) is 2.91. The molecule has 1 heterocycles. The molecule has 0 N–H and O–H groups in total. The first-order chi connectivity index (χ1) is 10.4. The van der Waals surface area contributed by atoms with Crippen molar-refractivity contribution in [1.82, 2.24) is 3.97 Å². The third-order valence-electron chi connectivity index (χ3n) is 3.50. The fourth-order valence-corrected chi connectivity index (χ4v) is 4.32. The van der Waals surface area contributed by atoms with Crippen molar-refractivity contribution >= 4 is 32.7 Å². The molecule has 3 rings (SSSR count). The second-order valence-electron chi connectivity index (χ2n) is 4.97. The summed E-state index contributed by atoms with van der Waals surface area (Å²) in [6.07, 6.45) is 3.30. The van der Waals surface area contributed by atoms with E-state index in [1.807, 2.05) is 13.2 Å². The van der Waals surface area contributed by atoms with E-state index in [4.69, 9.17) is 0 Å². The van der Waals surface area contributed by atoms with E-state index in [0.29, 0.717) is 10.4 Å². The van der Waals surface area contributed by atoms with Gasteiger partial charge in [-0.25, -0.2) is 16.8 Å². The van der Waals surface area contributed by atoms with E-state index in [1.165, 1.54) is 30.1 Å². The van der Waals surface area contributed by atoms with Gasteiger partial charge in [0, 0.05) is 16.5 Å². The normalized spacial score (nSPS) is 12.0. The molecule has 0 atom stereocenters. The summed E-state index contributed by atoms with van der Waals surface area (Å²) in [6, 6.07) is 11.0. The van der Waals surface area contributed by atoms with Crippen molar-refractivity contribution in [2.45, 2.75) is 16.7 Å². The highest BCUT2D eigenvalue weighted by Crippen LogP contribution is 2.30. The van der Waals surface area contributed by atoms with E-state index >= 15 is 0 Å². The molecular weight excluding hydrogens is 321 g/mol. The molecule has 0 aliphatic heterocycles. The predicted octanol–water partition coefficient (Wildman–Crippen LogP) is 4.05. The van der Waals surface area contributed by atoms with Crippen LogP contribution in [0.5, 0.6) is 0 Å². The number of benzene rings is 2. The van der Waals surface area contributed by atoms with Crippen LogP contribution < -0.4 is 0 Å². The molecule has 0 saturated carbocycles. The lowest BCUT2D eigenvalue weighted by Gasteiger charge is -2.09. The van der Waals surface area contributed by atoms with Crippen LogP contribution in [0.25, 0.3) is 10.9 Å². The zero-order chi connectivity index (χ0) is 15.9. The Morgan fingerprint density at radius 3 is 2.41 bits per heavy atom. The third-order valence-corrected chi connectivity index (χ3v) is 5.98. The van der Waals surface area contributed by atoms with Crippen molar-refractivity contribution in [3.8, 4) is 0 Å². The lowest BCUT2D eigenvalue weighted by molar-refractivity contribution is 0.589. The van der Waals surface area contributed by atoms with Crippen LogP contribution in [-0.2, 0) is 10.0 Å². The Bertz CT molecular complexity index is 944. The minimum absolute atomic E-state index is 0.186. The summed E-state index contributed by atoms with van der Waals surface area (Å²) in [5.74, 6) is -0.448. The maximum absolute atomic E-state index is 13.8. The van der Waals surface area contributed by atoms with Gasteiger partial charge in [-0.3, -0.25) is 0 Å². The van der Waals surface area contributed by atoms with E-state index in [9.17, 15) is 12.8 Å². The highest BCUT2D eigenvalue weighted by Gasteiger charge is 2.20. The molecule has 3 aromatic rings. The number of halogens is 1. The number of hydrogen-bond donors (Lipinski definition) is 0. The fraction of sp³-hybridized carbons (Fsp3) is 0.125. The highest BCUT2D eigenvalue weighted by atomic mass is 32.2. The smallest absolute Gasteiger partial charge is 0.241 e. The van der Waals surface area contributed by atoms with Gasteiger partial charge in [-0.05, 0) is 43.5 Å². The Labute approximate surface area is 132 Å². The molecular formula is C16H14FNO2S2. The van der Waals surface area contributed by atoms with Crippen molar-refractivity contribution in [2.24, 2.45) is 0 Å². The minimum Gasteiger partial charge on any atom is -0.241 e. The second-order valence-corrected chi connectivity index (χ2v) is 7.63. The summed E-state index contributed by atoms with van der Waals surface area (Å²) in [6.45, 7) is 1.89. The van der Waals surface area contributed by atoms with Gasteiger partial charge in [0.15, 0.2) is 0 Å². The fourth-order valence-electron chi connectivity index (χ4n) is 2.35. The van der Waals surface area contributed by atoms with E-state index < -0.39 is 15.8 Å². The summed E-state index contributed by atoms with van der Waals surface area (Å²) in [5, 5.41) is 0.726. The number of aromatic nitrogens is 1. The first-order valence-corrected chi connectivity index (χ1v) is 9.27. The van der Waals surface area contributed by atoms with Gasteiger partial charge in [-0.15, -0.1) is 11.8 Å². The second kappa shape index (κ2) is 5.44. The zero-order valence-electron chi connectivity index (χ0n) is 12.1. The molecule has 22 heavy (non-hydrogen) atoms. The van der Waals surface area contributed by atoms with Gasteiger partial charge in [-0.1, -0.05) is 17.7 Å². The monoisotopic (exact) mass is 335 g/mol. The lowest BCUT2D eigenvalue weighted by atomic mass is 10.2. The molecule has 0 radical (unpaired) electrons. The number of aryl methyl sites for hydroxylation is 1. The molecule has 0 bridgehead atoms. The molecule has 0 aliphatic rings. The molecule has 0 aliphatic carbocycles. The van der Waals surface area contributed by atoms with Crippen LogP contribution >= 0.6 is 11.8 Å². The molecule has 0 amide bonds. The Balaban J connectivity index is 2.26. The predicted molar refractivity (Wildman–Crippen MR) is 87.4 cm³/mol. The third kappa shape index (κ3) is 2.42. The molecule has 0 fully saturated rings. The summed E-state index contributed by atoms with van der Waals surface area (Å²) in [7, 11) is -3.74. The highest BCUT2D eigenvalue weighted by molar-refractivity contribution is 7.98. The van der Waals surface area contributed by atoms with Crippen molar-refractivity contribution in [2.75, 3.05) is 6.26 Å². The largest absolute Gasteiger partial charge is 0.268 e. The van der Waals surface area contributed by atoms with Crippen LogP contribution in [0.15, 0.2) is 58.5 Å². The van der Waals surface area contributed by atoms with E-state index in [-0.39, 0.29) is 4.90 Å². The number of hydrogen-bond acceptors (Lipinski definition) is 3. The molecule has 0 spiro atoms. The SMILES string of the molecule is CSc1cc(F)cc2c1ccn2S(=O)(=O)c1ccc(C)cc1. The van der Waals surface area contributed by atoms with E-state index in [2.05, 4.69) is 0 Å². The molecule has 0 unspecified atom stereocenters. The van der Waals surface area contributed by atoms with Crippen molar-refractivity contribution in [3.63, 3.8) is 0 Å². The van der Waals surface area contributed by atoms with E-state index in [1.54, 1.807) is 30.3 Å². The quantitative estimate of drug-likeness (QED) is 0.678. The Hall–Kier alpha value is -1.79. The maximum atomic E-state index is 13.8. The van der Waals surface area contributed by atoms with Gasteiger partial charge in [0.2, 0.25) is 0 Å². The zero-order valence-corrected chi connectivity index (χ0v) is 13.7. The minimum atomic E-state index is -3.74. The molecule has 114 valence electrons. The molecule has 1 aromatic heterocycles. The number of nitrogens with zero attached hydrogens (tertiary/aromatic N) is 1. The molecule has 2 aromatic carbocycles. The summed E-state index contributed by atoms with van der Waals surface area (Å²) in [4.78, 5) is 0.901. The van der Waals surface area contributed by atoms with Crippen molar-refractivity contribution < 1.29 is 12.8 Å². The Kier molecular flexibility index (Phi) is 3.74. The van der Waals surface area contributed by atoms with Gasteiger partial charge >= 0.3 is 0 Å². The first-order valence-electron chi connectivity index (χ1n) is 6.60. The first kappa shape index (κ1) is 15.1. The van der Waals surface area contributed by atoms with E-state index in [0.717, 1.165) is 14.9 Å². The van der Waals surface area contributed by atoms with Crippen LogP contribution in [0.2, 0.25) is 0 Å². The van der Waals surface area contributed by atoms with Gasteiger partial charge in [-0.2, -0.15) is 0 Å². The van der Waals surface area contributed by atoms with Gasteiger partial charge in [0.05, 0.1) is 10.4 Å². The van der Waals surface area contributed by atoms with Crippen LogP contribution in [0.1, 0.15) is 5.56 Å². The van der Waals surface area contributed by atoms with Crippen molar-refractivity contribution in [1.29, 1.82) is 0 Å². The summed E-state index contributed by atoms with van der Waals surface area (Å²) < 4.78 is 40.4. The Morgan fingerprint density at radius 1 is 1.09 bits per heavy atom. The number of rotatable bonds is 3. The van der Waals surface area contributed by atoms with Gasteiger partial charge in [0.25, 0.3) is 10.0 Å². The standard InChI is InChI=1S/C16H14FNO2S2/c1-11-3-5-13(6-4-11)22(19,20)18-8-7-14-15(18)9-12(17)10-16(14)21-2/h3-10H,1-2H3. The van der Waals surface area contributed by atoms with Crippen LogP contribution in [-0.4, -0.2) is 18.6 Å². The molecule has 6 heteroatoms. The Morgan fingerprint density at radius 2 is 1.77 bits per heavy atom. The topological polar surface area (TPSA) is 39.1 Å². The molecule has 0 saturated heterocycles. The van der Waals surface area contributed by atoms with Crippen LogP contribution in [0, 0.1) is 12.7 Å².